The van der Waals surface area contributed by atoms with Gasteiger partial charge in [0.15, 0.2) is 0 Å². The normalized spacial score (nSPS) is 11.5. The second-order valence-corrected chi connectivity index (χ2v) is 3.70. The Hall–Kier alpha value is -2.29. The zero-order valence-corrected chi connectivity index (χ0v) is 9.38. The summed E-state index contributed by atoms with van der Waals surface area (Å²) < 4.78 is 5.40. The van der Waals surface area contributed by atoms with Crippen LogP contribution >= 0.6 is 0 Å². The summed E-state index contributed by atoms with van der Waals surface area (Å²) in [6.45, 7) is 1.49. The number of aliphatic carboxylic acids is 1. The quantitative estimate of drug-likeness (QED) is 0.648. The Morgan fingerprint density at radius 1 is 1.18 bits per heavy atom. The molecule has 0 radical (unpaired) electrons. The predicted molar refractivity (Wildman–Crippen MR) is 66.0 cm³/mol. The van der Waals surface area contributed by atoms with E-state index in [4.69, 9.17) is 9.84 Å². The average Bonchev–Trinajstić information content (AvgIpc) is 2.35. The summed E-state index contributed by atoms with van der Waals surface area (Å²) in [5.74, 6) is -0.325. The molecule has 2 aromatic rings. The first kappa shape index (κ1) is 11.2. The summed E-state index contributed by atoms with van der Waals surface area (Å²) in [5, 5.41) is 10.7. The Morgan fingerprint density at radius 3 is 2.65 bits per heavy atom. The van der Waals surface area contributed by atoms with Gasteiger partial charge in [0.05, 0.1) is 5.57 Å². The van der Waals surface area contributed by atoms with Crippen LogP contribution in [0.1, 0.15) is 6.92 Å². The lowest BCUT2D eigenvalue weighted by molar-refractivity contribution is -0.132. The molecular weight excluding hydrogens is 216 g/mol. The van der Waals surface area contributed by atoms with Crippen LogP contribution in [0.3, 0.4) is 0 Å². The molecule has 17 heavy (non-hydrogen) atoms. The lowest BCUT2D eigenvalue weighted by Crippen LogP contribution is -1.98. The third-order valence-corrected chi connectivity index (χ3v) is 2.45. The fraction of sp³-hybridized carbons (Fsp3) is 0.0714. The maximum Gasteiger partial charge on any atom is 0.334 e. The molecule has 0 aromatic heterocycles. The minimum atomic E-state index is -0.981. The number of hydrogen-bond acceptors (Lipinski definition) is 2. The van der Waals surface area contributed by atoms with Crippen molar-refractivity contribution in [2.45, 2.75) is 6.92 Å². The third-order valence-electron chi connectivity index (χ3n) is 2.45. The first-order chi connectivity index (χ1) is 8.18. The number of rotatable bonds is 3. The Kier molecular flexibility index (Phi) is 3.10. The fourth-order valence-electron chi connectivity index (χ4n) is 1.50. The van der Waals surface area contributed by atoms with Crippen molar-refractivity contribution >= 4 is 16.7 Å². The first-order valence-corrected chi connectivity index (χ1v) is 5.23. The van der Waals surface area contributed by atoms with Gasteiger partial charge in [-0.05, 0) is 18.4 Å². The topological polar surface area (TPSA) is 46.5 Å². The third kappa shape index (κ3) is 2.45. The van der Waals surface area contributed by atoms with Crippen molar-refractivity contribution in [2.75, 3.05) is 0 Å². The van der Waals surface area contributed by atoms with E-state index in [1.54, 1.807) is 0 Å². The van der Waals surface area contributed by atoms with Gasteiger partial charge in [0.1, 0.15) is 12.0 Å². The Labute approximate surface area is 99.0 Å². The van der Waals surface area contributed by atoms with E-state index in [0.29, 0.717) is 5.75 Å². The van der Waals surface area contributed by atoms with Gasteiger partial charge in [-0.25, -0.2) is 4.79 Å². The van der Waals surface area contributed by atoms with Crippen LogP contribution in [0.2, 0.25) is 0 Å². The van der Waals surface area contributed by atoms with Crippen LogP contribution < -0.4 is 4.74 Å². The summed E-state index contributed by atoms with van der Waals surface area (Å²) in [6, 6.07) is 13.5. The fourth-order valence-corrected chi connectivity index (χ4v) is 1.50. The molecule has 0 saturated carbocycles. The predicted octanol–water partition coefficient (Wildman–Crippen LogP) is 3.21. The number of ether oxygens (including phenoxy) is 1. The van der Waals surface area contributed by atoms with E-state index in [1.807, 2.05) is 42.5 Å². The summed E-state index contributed by atoms with van der Waals surface area (Å²) in [7, 11) is 0. The molecular formula is C14H12O3. The number of fused-ring (bicyclic) bond motifs is 1. The van der Waals surface area contributed by atoms with Crippen LogP contribution in [-0.2, 0) is 4.79 Å². The second kappa shape index (κ2) is 4.70. The van der Waals surface area contributed by atoms with Crippen molar-refractivity contribution in [3.8, 4) is 5.75 Å². The molecule has 0 atom stereocenters. The van der Waals surface area contributed by atoms with Crippen molar-refractivity contribution in [3.63, 3.8) is 0 Å². The SMILES string of the molecule is CC(=COc1cccc2ccccc12)C(=O)O. The number of benzene rings is 2. The molecule has 0 aliphatic carbocycles. The smallest absolute Gasteiger partial charge is 0.334 e. The number of carbonyl (C=O) groups is 1. The van der Waals surface area contributed by atoms with E-state index in [2.05, 4.69) is 0 Å². The van der Waals surface area contributed by atoms with Gasteiger partial charge >= 0.3 is 5.97 Å². The Bertz CT molecular complexity index is 580. The maximum atomic E-state index is 10.6. The minimum absolute atomic E-state index is 0.165. The molecule has 0 bridgehead atoms. The van der Waals surface area contributed by atoms with Gasteiger partial charge in [-0.1, -0.05) is 36.4 Å². The van der Waals surface area contributed by atoms with Crippen molar-refractivity contribution < 1.29 is 14.6 Å². The number of carboxylic acids is 1. The highest BCUT2D eigenvalue weighted by molar-refractivity contribution is 5.88. The minimum Gasteiger partial charge on any atom is -0.478 e. The van der Waals surface area contributed by atoms with E-state index >= 15 is 0 Å². The van der Waals surface area contributed by atoms with Crippen LogP contribution in [0, 0.1) is 0 Å². The molecule has 0 aliphatic rings. The van der Waals surface area contributed by atoms with Crippen LogP contribution in [0.5, 0.6) is 5.75 Å². The second-order valence-electron chi connectivity index (χ2n) is 3.70. The zero-order chi connectivity index (χ0) is 12.3. The Morgan fingerprint density at radius 2 is 1.88 bits per heavy atom. The molecule has 0 saturated heterocycles. The summed E-state index contributed by atoms with van der Waals surface area (Å²) in [4.78, 5) is 10.6. The molecule has 0 fully saturated rings. The van der Waals surface area contributed by atoms with Crippen molar-refractivity contribution in [1.82, 2.24) is 0 Å². The summed E-state index contributed by atoms with van der Waals surface area (Å²) in [6.07, 6.45) is 1.25. The molecule has 0 amide bonds. The van der Waals surface area contributed by atoms with Gasteiger partial charge in [-0.15, -0.1) is 0 Å². The van der Waals surface area contributed by atoms with Crippen LogP contribution in [0.25, 0.3) is 10.8 Å². The maximum absolute atomic E-state index is 10.6. The van der Waals surface area contributed by atoms with E-state index in [1.165, 1.54) is 13.2 Å². The summed E-state index contributed by atoms with van der Waals surface area (Å²) in [5.41, 5.74) is 0.165. The van der Waals surface area contributed by atoms with Gasteiger partial charge in [-0.3, -0.25) is 0 Å². The van der Waals surface area contributed by atoms with Crippen molar-refractivity contribution in [1.29, 1.82) is 0 Å². The Balaban J connectivity index is 2.37. The molecule has 3 heteroatoms. The van der Waals surface area contributed by atoms with E-state index in [9.17, 15) is 4.79 Å². The van der Waals surface area contributed by atoms with E-state index in [-0.39, 0.29) is 5.57 Å². The van der Waals surface area contributed by atoms with Gasteiger partial charge in [0.25, 0.3) is 0 Å². The van der Waals surface area contributed by atoms with E-state index < -0.39 is 5.97 Å². The van der Waals surface area contributed by atoms with Crippen LogP contribution in [0.4, 0.5) is 0 Å². The van der Waals surface area contributed by atoms with Gasteiger partial charge in [-0.2, -0.15) is 0 Å². The molecule has 1 N–H and O–H groups in total. The largest absolute Gasteiger partial charge is 0.478 e. The standard InChI is InChI=1S/C14H12O3/c1-10(14(15)16)9-17-13-8-4-6-11-5-2-3-7-12(11)13/h2-9H,1H3,(H,15,16). The summed E-state index contributed by atoms with van der Waals surface area (Å²) >= 11 is 0. The zero-order valence-electron chi connectivity index (χ0n) is 9.38. The molecule has 0 spiro atoms. The first-order valence-electron chi connectivity index (χ1n) is 5.23. The van der Waals surface area contributed by atoms with Crippen molar-refractivity contribution in [3.05, 3.63) is 54.3 Å². The average molecular weight is 228 g/mol. The molecule has 0 aliphatic heterocycles. The lowest BCUT2D eigenvalue weighted by Gasteiger charge is -2.05. The van der Waals surface area contributed by atoms with Gasteiger partial charge in [0.2, 0.25) is 0 Å². The molecule has 2 aromatic carbocycles. The molecule has 3 nitrogen and oxygen atoms in total. The highest BCUT2D eigenvalue weighted by atomic mass is 16.5. The van der Waals surface area contributed by atoms with Gasteiger partial charge < -0.3 is 9.84 Å². The highest BCUT2D eigenvalue weighted by Gasteiger charge is 2.02. The number of carboxylic acid groups (broad SMARTS) is 1. The molecule has 0 heterocycles. The lowest BCUT2D eigenvalue weighted by atomic mass is 10.1. The number of hydrogen-bond donors (Lipinski definition) is 1. The molecule has 86 valence electrons. The van der Waals surface area contributed by atoms with Gasteiger partial charge in [0, 0.05) is 5.39 Å². The molecule has 0 unspecified atom stereocenters. The molecule has 2 rings (SSSR count). The van der Waals surface area contributed by atoms with Crippen LogP contribution in [-0.4, -0.2) is 11.1 Å². The van der Waals surface area contributed by atoms with Crippen LogP contribution in [0.15, 0.2) is 54.3 Å². The van der Waals surface area contributed by atoms with E-state index in [0.717, 1.165) is 10.8 Å². The van der Waals surface area contributed by atoms with Crippen molar-refractivity contribution in [2.24, 2.45) is 0 Å². The highest BCUT2D eigenvalue weighted by Crippen LogP contribution is 2.25. The monoisotopic (exact) mass is 228 g/mol.